The van der Waals surface area contributed by atoms with Crippen LogP contribution in [-0.4, -0.2) is 15.9 Å². The molecule has 0 atom stereocenters. The minimum Gasteiger partial charge on any atom is -0.342 e. The van der Waals surface area contributed by atoms with Crippen molar-refractivity contribution < 1.29 is 13.6 Å². The van der Waals surface area contributed by atoms with Gasteiger partial charge in [0.25, 0.3) is 5.91 Å². The molecule has 0 spiro atoms. The third-order valence-corrected chi connectivity index (χ3v) is 4.19. The molecule has 0 bridgehead atoms. The zero-order valence-corrected chi connectivity index (χ0v) is 14.2. The average molecular weight is 363 g/mol. The SMILES string of the molecule is O=C(Nc1ccc2nc(Cc3ccccc3F)[nH]c2c1)c1cccc(F)c1. The van der Waals surface area contributed by atoms with Crippen molar-refractivity contribution in [3.05, 3.63) is 95.3 Å². The summed E-state index contributed by atoms with van der Waals surface area (Å²) < 4.78 is 27.1. The molecule has 2 N–H and O–H groups in total. The van der Waals surface area contributed by atoms with Crippen LogP contribution in [0.3, 0.4) is 0 Å². The smallest absolute Gasteiger partial charge is 0.255 e. The molecule has 1 amide bonds. The number of amides is 1. The molecule has 0 radical (unpaired) electrons. The molecule has 3 aromatic carbocycles. The molecular weight excluding hydrogens is 348 g/mol. The average Bonchev–Trinajstić information content (AvgIpc) is 3.05. The summed E-state index contributed by atoms with van der Waals surface area (Å²) in [4.78, 5) is 19.8. The van der Waals surface area contributed by atoms with Crippen molar-refractivity contribution in [2.24, 2.45) is 0 Å². The number of hydrogen-bond donors (Lipinski definition) is 2. The van der Waals surface area contributed by atoms with Gasteiger partial charge in [0, 0.05) is 17.7 Å². The van der Waals surface area contributed by atoms with E-state index in [0.29, 0.717) is 29.0 Å². The topological polar surface area (TPSA) is 57.8 Å². The highest BCUT2D eigenvalue weighted by atomic mass is 19.1. The molecule has 4 rings (SSSR count). The molecule has 0 aliphatic rings. The van der Waals surface area contributed by atoms with E-state index in [0.717, 1.165) is 5.52 Å². The van der Waals surface area contributed by atoms with E-state index >= 15 is 0 Å². The van der Waals surface area contributed by atoms with Gasteiger partial charge in [-0.25, -0.2) is 13.8 Å². The maximum absolute atomic E-state index is 13.8. The van der Waals surface area contributed by atoms with Crippen molar-refractivity contribution in [2.45, 2.75) is 6.42 Å². The van der Waals surface area contributed by atoms with E-state index in [2.05, 4.69) is 15.3 Å². The number of fused-ring (bicyclic) bond motifs is 1. The summed E-state index contributed by atoms with van der Waals surface area (Å²) in [7, 11) is 0. The van der Waals surface area contributed by atoms with Gasteiger partial charge < -0.3 is 10.3 Å². The van der Waals surface area contributed by atoms with Gasteiger partial charge in [-0.3, -0.25) is 4.79 Å². The Kier molecular flexibility index (Phi) is 4.38. The number of imidazole rings is 1. The van der Waals surface area contributed by atoms with Crippen molar-refractivity contribution in [1.82, 2.24) is 9.97 Å². The predicted molar refractivity (Wildman–Crippen MR) is 99.7 cm³/mol. The van der Waals surface area contributed by atoms with Crippen molar-refractivity contribution >= 4 is 22.6 Å². The second kappa shape index (κ2) is 6.99. The lowest BCUT2D eigenvalue weighted by Gasteiger charge is -2.05. The third-order valence-electron chi connectivity index (χ3n) is 4.19. The zero-order valence-electron chi connectivity index (χ0n) is 14.2. The number of benzene rings is 3. The van der Waals surface area contributed by atoms with Gasteiger partial charge in [0.15, 0.2) is 0 Å². The van der Waals surface area contributed by atoms with Crippen LogP contribution in [0.1, 0.15) is 21.7 Å². The lowest BCUT2D eigenvalue weighted by molar-refractivity contribution is 0.102. The minimum atomic E-state index is -0.468. The van der Waals surface area contributed by atoms with Gasteiger partial charge in [-0.15, -0.1) is 0 Å². The summed E-state index contributed by atoms with van der Waals surface area (Å²) in [6, 6.07) is 17.3. The van der Waals surface area contributed by atoms with Gasteiger partial charge in [-0.05, 0) is 48.0 Å². The van der Waals surface area contributed by atoms with E-state index in [9.17, 15) is 13.6 Å². The maximum atomic E-state index is 13.8. The summed E-state index contributed by atoms with van der Waals surface area (Å²) in [6.45, 7) is 0. The van der Waals surface area contributed by atoms with E-state index in [-0.39, 0.29) is 11.4 Å². The number of rotatable bonds is 4. The molecule has 134 valence electrons. The Balaban J connectivity index is 1.56. The number of aromatic nitrogens is 2. The normalized spacial score (nSPS) is 10.9. The van der Waals surface area contributed by atoms with Gasteiger partial charge >= 0.3 is 0 Å². The highest BCUT2D eigenvalue weighted by Gasteiger charge is 2.10. The van der Waals surface area contributed by atoms with E-state index in [4.69, 9.17) is 0 Å². The lowest BCUT2D eigenvalue weighted by atomic mass is 10.1. The molecule has 0 saturated carbocycles. The Morgan fingerprint density at radius 1 is 1.00 bits per heavy atom. The van der Waals surface area contributed by atoms with Gasteiger partial charge in [-0.1, -0.05) is 24.3 Å². The molecule has 4 aromatic rings. The second-order valence-corrected chi connectivity index (χ2v) is 6.15. The molecule has 0 saturated heterocycles. The van der Waals surface area contributed by atoms with E-state index in [1.54, 1.807) is 42.5 Å². The van der Waals surface area contributed by atoms with Gasteiger partial charge in [0.05, 0.1) is 11.0 Å². The molecule has 0 aliphatic heterocycles. The van der Waals surface area contributed by atoms with Crippen LogP contribution in [0.2, 0.25) is 0 Å². The highest BCUT2D eigenvalue weighted by Crippen LogP contribution is 2.20. The Morgan fingerprint density at radius 3 is 2.67 bits per heavy atom. The molecule has 4 nitrogen and oxygen atoms in total. The van der Waals surface area contributed by atoms with Crippen molar-refractivity contribution in [2.75, 3.05) is 5.32 Å². The Bertz CT molecular complexity index is 1140. The number of carbonyl (C=O) groups is 1. The number of halogens is 2. The van der Waals surface area contributed by atoms with Gasteiger partial charge in [0.2, 0.25) is 0 Å². The van der Waals surface area contributed by atoms with E-state index < -0.39 is 11.7 Å². The van der Waals surface area contributed by atoms with Crippen LogP contribution in [0.25, 0.3) is 11.0 Å². The van der Waals surface area contributed by atoms with E-state index in [1.807, 2.05) is 0 Å². The van der Waals surface area contributed by atoms with Crippen LogP contribution in [0.4, 0.5) is 14.5 Å². The molecule has 1 heterocycles. The Hall–Kier alpha value is -3.54. The second-order valence-electron chi connectivity index (χ2n) is 6.15. The molecule has 27 heavy (non-hydrogen) atoms. The maximum Gasteiger partial charge on any atom is 0.255 e. The summed E-state index contributed by atoms with van der Waals surface area (Å²) >= 11 is 0. The molecular formula is C21H15F2N3O. The Morgan fingerprint density at radius 2 is 1.85 bits per heavy atom. The number of aromatic amines is 1. The molecule has 1 aromatic heterocycles. The van der Waals surface area contributed by atoms with Crippen LogP contribution in [0, 0.1) is 11.6 Å². The van der Waals surface area contributed by atoms with Crippen LogP contribution in [0.5, 0.6) is 0 Å². The minimum absolute atomic E-state index is 0.236. The summed E-state index contributed by atoms with van der Waals surface area (Å²) in [6.07, 6.45) is 0.340. The first kappa shape index (κ1) is 16.9. The fourth-order valence-corrected chi connectivity index (χ4v) is 2.88. The Labute approximate surface area is 153 Å². The summed E-state index contributed by atoms with van der Waals surface area (Å²) in [5.41, 5.74) is 2.78. The number of carbonyl (C=O) groups excluding carboxylic acids is 1. The highest BCUT2D eigenvalue weighted by molar-refractivity contribution is 6.04. The summed E-state index contributed by atoms with van der Waals surface area (Å²) in [5, 5.41) is 2.73. The number of hydrogen-bond acceptors (Lipinski definition) is 2. The monoisotopic (exact) mass is 363 g/mol. The van der Waals surface area contributed by atoms with Crippen LogP contribution in [-0.2, 0) is 6.42 Å². The standard InChI is InChI=1S/C21H15F2N3O/c22-15-6-3-5-14(10-15)21(27)24-16-8-9-18-19(12-16)26-20(25-18)11-13-4-1-2-7-17(13)23/h1-10,12H,11H2,(H,24,27)(H,25,26). The van der Waals surface area contributed by atoms with Crippen molar-refractivity contribution in [3.8, 4) is 0 Å². The van der Waals surface area contributed by atoms with Gasteiger partial charge in [0.1, 0.15) is 17.5 Å². The largest absolute Gasteiger partial charge is 0.342 e. The fourth-order valence-electron chi connectivity index (χ4n) is 2.88. The van der Waals surface area contributed by atoms with Crippen LogP contribution < -0.4 is 5.32 Å². The van der Waals surface area contributed by atoms with Crippen molar-refractivity contribution in [3.63, 3.8) is 0 Å². The molecule has 0 fully saturated rings. The lowest BCUT2D eigenvalue weighted by Crippen LogP contribution is -2.11. The number of anilines is 1. The number of nitrogens with zero attached hydrogens (tertiary/aromatic N) is 1. The molecule has 0 unspecified atom stereocenters. The molecule has 0 aliphatic carbocycles. The van der Waals surface area contributed by atoms with Crippen LogP contribution >= 0.6 is 0 Å². The first-order valence-corrected chi connectivity index (χ1v) is 8.37. The number of nitrogens with one attached hydrogen (secondary N) is 2. The predicted octanol–water partition coefficient (Wildman–Crippen LogP) is 4.68. The first-order valence-electron chi connectivity index (χ1n) is 8.37. The number of H-pyrrole nitrogens is 1. The van der Waals surface area contributed by atoms with E-state index in [1.165, 1.54) is 24.3 Å². The van der Waals surface area contributed by atoms with Crippen LogP contribution in [0.15, 0.2) is 66.7 Å². The molecule has 6 heteroatoms. The first-order chi connectivity index (χ1) is 13.1. The van der Waals surface area contributed by atoms with Gasteiger partial charge in [-0.2, -0.15) is 0 Å². The quantitative estimate of drug-likeness (QED) is 0.553. The zero-order chi connectivity index (χ0) is 18.8. The fraction of sp³-hybridized carbons (Fsp3) is 0.0476. The summed E-state index contributed by atoms with van der Waals surface area (Å²) in [5.74, 6) is -0.519. The third kappa shape index (κ3) is 3.69. The van der Waals surface area contributed by atoms with Crippen molar-refractivity contribution in [1.29, 1.82) is 0 Å².